The van der Waals surface area contributed by atoms with Crippen LogP contribution in [0.4, 0.5) is 0 Å². The second-order valence-corrected chi connectivity index (χ2v) is 5.97. The Morgan fingerprint density at radius 2 is 2.06 bits per heavy atom. The van der Waals surface area contributed by atoms with Gasteiger partial charge in [0.1, 0.15) is 0 Å². The van der Waals surface area contributed by atoms with Crippen molar-refractivity contribution < 1.29 is 9.47 Å². The maximum Gasteiger partial charge on any atom is 0.0976 e. The molecule has 0 N–H and O–H groups in total. The molecule has 0 bridgehead atoms. The van der Waals surface area contributed by atoms with E-state index in [4.69, 9.17) is 9.47 Å². The highest BCUT2D eigenvalue weighted by Gasteiger charge is 2.58. The Morgan fingerprint density at radius 1 is 1.35 bits per heavy atom. The first-order valence-corrected chi connectivity index (χ1v) is 6.92. The number of rotatable bonds is 4. The van der Waals surface area contributed by atoms with Gasteiger partial charge in [-0.05, 0) is 40.0 Å². The molecule has 0 radical (unpaired) electrons. The highest BCUT2D eigenvalue weighted by atomic mass is 16.6. The van der Waals surface area contributed by atoms with E-state index in [1.807, 2.05) is 7.11 Å². The molecule has 0 aromatic carbocycles. The molecular formula is C15H26O2. The van der Waals surface area contributed by atoms with E-state index in [1.165, 1.54) is 31.3 Å². The number of hydrogen-bond donors (Lipinski definition) is 0. The molecular weight excluding hydrogens is 212 g/mol. The number of hydrogen-bond acceptors (Lipinski definition) is 2. The third kappa shape index (κ3) is 2.74. The van der Waals surface area contributed by atoms with Crippen LogP contribution in [0.3, 0.4) is 0 Å². The Morgan fingerprint density at radius 3 is 2.71 bits per heavy atom. The van der Waals surface area contributed by atoms with E-state index < -0.39 is 0 Å². The van der Waals surface area contributed by atoms with Gasteiger partial charge in [-0.15, -0.1) is 0 Å². The fraction of sp³-hybridized carbons (Fsp3) is 0.867. The van der Waals surface area contributed by atoms with Gasteiger partial charge in [-0.2, -0.15) is 0 Å². The Balaban J connectivity index is 1.95. The van der Waals surface area contributed by atoms with Crippen molar-refractivity contribution in [2.45, 2.75) is 70.7 Å². The Hall–Kier alpha value is -0.340. The van der Waals surface area contributed by atoms with Gasteiger partial charge in [0.15, 0.2) is 0 Å². The van der Waals surface area contributed by atoms with Crippen LogP contribution in [0.15, 0.2) is 11.6 Å². The molecule has 98 valence electrons. The predicted octanol–water partition coefficient (Wildman–Crippen LogP) is 3.71. The minimum atomic E-state index is 0.0764. The van der Waals surface area contributed by atoms with Gasteiger partial charge in [-0.3, -0.25) is 0 Å². The van der Waals surface area contributed by atoms with Crippen molar-refractivity contribution in [3.63, 3.8) is 0 Å². The number of ether oxygens (including phenoxy) is 2. The summed E-state index contributed by atoms with van der Waals surface area (Å²) < 4.78 is 11.7. The van der Waals surface area contributed by atoms with Crippen LogP contribution in [0.5, 0.6) is 0 Å². The van der Waals surface area contributed by atoms with Crippen LogP contribution >= 0.6 is 0 Å². The average Bonchev–Trinajstić information content (AvgIpc) is 2.99. The van der Waals surface area contributed by atoms with Gasteiger partial charge in [-0.25, -0.2) is 0 Å². The maximum absolute atomic E-state index is 6.00. The molecule has 1 aliphatic heterocycles. The molecule has 1 aliphatic carbocycles. The van der Waals surface area contributed by atoms with Crippen LogP contribution in [-0.4, -0.2) is 24.9 Å². The van der Waals surface area contributed by atoms with E-state index in [0.29, 0.717) is 18.1 Å². The summed E-state index contributed by atoms with van der Waals surface area (Å²) >= 11 is 0. The molecule has 2 fully saturated rings. The minimum Gasteiger partial charge on any atom is -0.381 e. The zero-order valence-corrected chi connectivity index (χ0v) is 11.7. The van der Waals surface area contributed by atoms with Crippen molar-refractivity contribution >= 4 is 0 Å². The van der Waals surface area contributed by atoms with Gasteiger partial charge in [0.05, 0.1) is 17.8 Å². The second kappa shape index (κ2) is 5.11. The molecule has 1 heterocycles. The predicted molar refractivity (Wildman–Crippen MR) is 70.1 cm³/mol. The molecule has 2 rings (SSSR count). The molecule has 2 heteroatoms. The van der Waals surface area contributed by atoms with E-state index in [-0.39, 0.29) is 5.60 Å². The van der Waals surface area contributed by atoms with Gasteiger partial charge < -0.3 is 9.47 Å². The highest BCUT2D eigenvalue weighted by Crippen LogP contribution is 2.50. The molecule has 2 aliphatic rings. The Labute approximate surface area is 105 Å². The van der Waals surface area contributed by atoms with Crippen molar-refractivity contribution in [3.05, 3.63) is 11.6 Å². The van der Waals surface area contributed by atoms with Crippen molar-refractivity contribution in [3.8, 4) is 0 Å². The highest BCUT2D eigenvalue weighted by molar-refractivity contribution is 5.10. The fourth-order valence-corrected chi connectivity index (χ4v) is 3.26. The molecule has 1 saturated heterocycles. The van der Waals surface area contributed by atoms with E-state index in [9.17, 15) is 0 Å². The first-order valence-electron chi connectivity index (χ1n) is 6.92. The molecule has 17 heavy (non-hydrogen) atoms. The molecule has 4 atom stereocenters. The van der Waals surface area contributed by atoms with Crippen LogP contribution in [0.25, 0.3) is 0 Å². The summed E-state index contributed by atoms with van der Waals surface area (Å²) in [6.07, 6.45) is 9.29. The van der Waals surface area contributed by atoms with E-state index in [2.05, 4.69) is 26.8 Å². The minimum absolute atomic E-state index is 0.0764. The van der Waals surface area contributed by atoms with E-state index >= 15 is 0 Å². The number of epoxide rings is 1. The zero-order valence-electron chi connectivity index (χ0n) is 11.7. The summed E-state index contributed by atoms with van der Waals surface area (Å²) in [6.45, 7) is 6.58. The SMILES string of the molecule is CO[C@@H]1CCCC[C@@H]1C1(C)O[C@@H]1CC=C(C)C. The molecule has 1 saturated carbocycles. The normalized spacial score (nSPS) is 41.1. The molecule has 0 spiro atoms. The summed E-state index contributed by atoms with van der Waals surface area (Å²) in [4.78, 5) is 0. The number of methoxy groups -OCH3 is 1. The fourth-order valence-electron chi connectivity index (χ4n) is 3.26. The lowest BCUT2D eigenvalue weighted by Gasteiger charge is -2.33. The van der Waals surface area contributed by atoms with Gasteiger partial charge in [0.2, 0.25) is 0 Å². The first-order chi connectivity index (χ1) is 8.08. The van der Waals surface area contributed by atoms with Crippen molar-refractivity contribution in [2.75, 3.05) is 7.11 Å². The van der Waals surface area contributed by atoms with Gasteiger partial charge in [0.25, 0.3) is 0 Å². The molecule has 0 aromatic rings. The summed E-state index contributed by atoms with van der Waals surface area (Å²) in [5, 5.41) is 0. The van der Waals surface area contributed by atoms with Crippen molar-refractivity contribution in [1.82, 2.24) is 0 Å². The summed E-state index contributed by atoms with van der Waals surface area (Å²) in [5.41, 5.74) is 1.46. The van der Waals surface area contributed by atoms with Crippen LogP contribution in [0, 0.1) is 5.92 Å². The van der Waals surface area contributed by atoms with Gasteiger partial charge in [-0.1, -0.05) is 24.5 Å². The molecule has 1 unspecified atom stereocenters. The zero-order chi connectivity index (χ0) is 12.5. The van der Waals surface area contributed by atoms with Crippen LogP contribution in [0.1, 0.15) is 52.9 Å². The monoisotopic (exact) mass is 238 g/mol. The van der Waals surface area contributed by atoms with Crippen LogP contribution < -0.4 is 0 Å². The topological polar surface area (TPSA) is 21.8 Å². The third-order valence-corrected chi connectivity index (χ3v) is 4.46. The third-order valence-electron chi connectivity index (χ3n) is 4.46. The lowest BCUT2D eigenvalue weighted by atomic mass is 9.76. The quantitative estimate of drug-likeness (QED) is 0.550. The maximum atomic E-state index is 6.00. The van der Waals surface area contributed by atoms with E-state index in [0.717, 1.165) is 6.42 Å². The lowest BCUT2D eigenvalue weighted by molar-refractivity contribution is -0.00777. The molecule has 2 nitrogen and oxygen atoms in total. The largest absolute Gasteiger partial charge is 0.381 e. The Bertz CT molecular complexity index is 293. The van der Waals surface area contributed by atoms with Crippen LogP contribution in [-0.2, 0) is 9.47 Å². The summed E-state index contributed by atoms with van der Waals surface area (Å²) in [5.74, 6) is 0.594. The standard InChI is InChI=1S/C15H26O2/c1-11(2)9-10-14-15(3,17-14)12-7-5-6-8-13(12)16-4/h9,12-14H,5-8,10H2,1-4H3/t12-,13+,14+,15?/m0/s1. The molecule has 0 amide bonds. The number of allylic oxidation sites excluding steroid dienone is 1. The van der Waals surface area contributed by atoms with Crippen molar-refractivity contribution in [1.29, 1.82) is 0 Å². The Kier molecular flexibility index (Phi) is 3.94. The van der Waals surface area contributed by atoms with Gasteiger partial charge in [0, 0.05) is 13.0 Å². The van der Waals surface area contributed by atoms with Crippen LogP contribution in [0.2, 0.25) is 0 Å². The smallest absolute Gasteiger partial charge is 0.0976 e. The summed E-state index contributed by atoms with van der Waals surface area (Å²) in [6, 6.07) is 0. The average molecular weight is 238 g/mol. The summed E-state index contributed by atoms with van der Waals surface area (Å²) in [7, 11) is 1.85. The van der Waals surface area contributed by atoms with E-state index in [1.54, 1.807) is 0 Å². The second-order valence-electron chi connectivity index (χ2n) is 5.97. The van der Waals surface area contributed by atoms with Gasteiger partial charge >= 0.3 is 0 Å². The molecule has 0 aromatic heterocycles. The first kappa shape index (κ1) is 13.1. The lowest BCUT2D eigenvalue weighted by Crippen LogP contribution is -2.37. The van der Waals surface area contributed by atoms with Crippen molar-refractivity contribution in [2.24, 2.45) is 5.92 Å².